The molecule has 2 aromatic rings. The number of ether oxygens (including phenoxy) is 1. The van der Waals surface area contributed by atoms with Crippen molar-refractivity contribution >= 4 is 39.1 Å². The fraction of sp³-hybridized carbons (Fsp3) is 0.278. The molecule has 1 aromatic carbocycles. The number of anilines is 1. The van der Waals surface area contributed by atoms with Crippen molar-refractivity contribution in [3.63, 3.8) is 0 Å². The standard InChI is InChI=1S/C18H17BrClN3O3/c1-10-4-5-12(6-15(10)20)22-16(24)8-23-11(2)17(19)14(9-26-3)13(7-21)18(23)25/h4-6H,8-9H2,1-3H3,(H,22,24). The molecule has 136 valence electrons. The van der Waals surface area contributed by atoms with Gasteiger partial charge in [-0.05, 0) is 47.5 Å². The van der Waals surface area contributed by atoms with Crippen LogP contribution in [0.3, 0.4) is 0 Å². The highest BCUT2D eigenvalue weighted by Crippen LogP contribution is 2.24. The van der Waals surface area contributed by atoms with E-state index >= 15 is 0 Å². The summed E-state index contributed by atoms with van der Waals surface area (Å²) in [6.45, 7) is 3.45. The Hall–Kier alpha value is -2.14. The minimum Gasteiger partial charge on any atom is -0.380 e. The Morgan fingerprint density at radius 2 is 2.12 bits per heavy atom. The molecule has 8 heteroatoms. The van der Waals surface area contributed by atoms with Crippen molar-refractivity contribution in [1.29, 1.82) is 5.26 Å². The molecule has 0 atom stereocenters. The van der Waals surface area contributed by atoms with Gasteiger partial charge in [0.05, 0.1) is 6.61 Å². The number of methoxy groups -OCH3 is 1. The molecule has 0 saturated carbocycles. The van der Waals surface area contributed by atoms with Gasteiger partial charge in [-0.15, -0.1) is 0 Å². The van der Waals surface area contributed by atoms with Gasteiger partial charge in [0.25, 0.3) is 5.56 Å². The predicted molar refractivity (Wildman–Crippen MR) is 103 cm³/mol. The third-order valence-electron chi connectivity index (χ3n) is 3.91. The van der Waals surface area contributed by atoms with E-state index in [-0.39, 0.29) is 18.7 Å². The van der Waals surface area contributed by atoms with Gasteiger partial charge in [0.15, 0.2) is 0 Å². The summed E-state index contributed by atoms with van der Waals surface area (Å²) in [4.78, 5) is 25.0. The first-order valence-electron chi connectivity index (χ1n) is 7.67. The van der Waals surface area contributed by atoms with Gasteiger partial charge in [0.2, 0.25) is 5.91 Å². The van der Waals surface area contributed by atoms with E-state index in [0.29, 0.717) is 26.4 Å². The Bertz CT molecular complexity index is 964. The quantitative estimate of drug-likeness (QED) is 0.774. The van der Waals surface area contributed by atoms with Crippen molar-refractivity contribution in [1.82, 2.24) is 4.57 Å². The summed E-state index contributed by atoms with van der Waals surface area (Å²) < 4.78 is 6.89. The lowest BCUT2D eigenvalue weighted by atomic mass is 10.1. The normalized spacial score (nSPS) is 10.5. The Morgan fingerprint density at radius 3 is 2.69 bits per heavy atom. The number of rotatable bonds is 5. The number of hydrogen-bond donors (Lipinski definition) is 1. The molecule has 1 N–H and O–H groups in total. The lowest BCUT2D eigenvalue weighted by Gasteiger charge is -2.16. The topological polar surface area (TPSA) is 84.1 Å². The van der Waals surface area contributed by atoms with Gasteiger partial charge in [0, 0.05) is 33.5 Å². The summed E-state index contributed by atoms with van der Waals surface area (Å²) in [5.41, 5.74) is 1.87. The van der Waals surface area contributed by atoms with Gasteiger partial charge >= 0.3 is 0 Å². The zero-order valence-corrected chi connectivity index (χ0v) is 16.9. The lowest BCUT2D eigenvalue weighted by molar-refractivity contribution is -0.116. The zero-order valence-electron chi connectivity index (χ0n) is 14.5. The first-order chi connectivity index (χ1) is 12.3. The van der Waals surface area contributed by atoms with Crippen molar-refractivity contribution in [3.05, 3.63) is 60.4 Å². The van der Waals surface area contributed by atoms with Crippen molar-refractivity contribution in [3.8, 4) is 6.07 Å². The van der Waals surface area contributed by atoms with Crippen molar-refractivity contribution in [2.24, 2.45) is 0 Å². The molecule has 0 unspecified atom stereocenters. The predicted octanol–water partition coefficient (Wildman–Crippen LogP) is 3.54. The highest BCUT2D eigenvalue weighted by molar-refractivity contribution is 9.10. The summed E-state index contributed by atoms with van der Waals surface area (Å²) in [7, 11) is 1.48. The first-order valence-corrected chi connectivity index (χ1v) is 8.84. The summed E-state index contributed by atoms with van der Waals surface area (Å²) in [6.07, 6.45) is 0. The number of nitrogens with one attached hydrogen (secondary N) is 1. The van der Waals surface area contributed by atoms with Crippen LogP contribution in [-0.4, -0.2) is 17.6 Å². The zero-order chi connectivity index (χ0) is 19.4. The number of carbonyl (C=O) groups excluding carboxylic acids is 1. The lowest BCUT2D eigenvalue weighted by Crippen LogP contribution is -2.32. The maximum atomic E-state index is 12.6. The van der Waals surface area contributed by atoms with Crippen LogP contribution in [0.1, 0.15) is 22.4 Å². The highest BCUT2D eigenvalue weighted by Gasteiger charge is 2.19. The van der Waals surface area contributed by atoms with E-state index in [2.05, 4.69) is 21.2 Å². The molecule has 0 fully saturated rings. The van der Waals surface area contributed by atoms with E-state index in [1.165, 1.54) is 11.7 Å². The number of nitrogens with zero attached hydrogens (tertiary/aromatic N) is 2. The molecule has 0 aliphatic heterocycles. The molecule has 0 saturated heterocycles. The van der Waals surface area contributed by atoms with E-state index in [0.717, 1.165) is 5.56 Å². The van der Waals surface area contributed by atoms with Crippen LogP contribution in [0.2, 0.25) is 5.02 Å². The molecule has 1 aromatic heterocycles. The minimum absolute atomic E-state index is 0.0458. The molecular weight excluding hydrogens is 422 g/mol. The number of amides is 1. The number of aromatic nitrogens is 1. The molecule has 0 aliphatic carbocycles. The summed E-state index contributed by atoms with van der Waals surface area (Å²) in [5, 5.41) is 12.6. The Kier molecular flexibility index (Phi) is 6.59. The molecule has 26 heavy (non-hydrogen) atoms. The van der Waals surface area contributed by atoms with Crippen LogP contribution in [0.4, 0.5) is 5.69 Å². The third kappa shape index (κ3) is 4.15. The van der Waals surface area contributed by atoms with E-state index in [9.17, 15) is 14.9 Å². The number of aryl methyl sites for hydroxylation is 1. The van der Waals surface area contributed by atoms with Crippen LogP contribution >= 0.6 is 27.5 Å². The number of halogens is 2. The second kappa shape index (κ2) is 8.49. The highest BCUT2D eigenvalue weighted by atomic mass is 79.9. The van der Waals surface area contributed by atoms with Gasteiger partial charge in [0.1, 0.15) is 18.2 Å². The van der Waals surface area contributed by atoms with Gasteiger partial charge in [-0.1, -0.05) is 17.7 Å². The smallest absolute Gasteiger partial charge is 0.269 e. The SMILES string of the molecule is COCc1c(Br)c(C)n(CC(=O)Nc2ccc(C)c(Cl)c2)c(=O)c1C#N. The summed E-state index contributed by atoms with van der Waals surface area (Å²) >= 11 is 9.45. The van der Waals surface area contributed by atoms with E-state index in [1.807, 2.05) is 13.0 Å². The molecule has 0 aliphatic rings. The van der Waals surface area contributed by atoms with Crippen molar-refractivity contribution in [2.45, 2.75) is 27.0 Å². The van der Waals surface area contributed by atoms with Gasteiger partial charge in [-0.25, -0.2) is 0 Å². The third-order valence-corrected chi connectivity index (χ3v) is 5.37. The molecule has 1 amide bonds. The fourth-order valence-electron chi connectivity index (χ4n) is 2.46. The molecular formula is C18H17BrClN3O3. The van der Waals surface area contributed by atoms with Gasteiger partial charge in [-0.2, -0.15) is 5.26 Å². The Balaban J connectivity index is 2.35. The van der Waals surface area contributed by atoms with Crippen LogP contribution in [-0.2, 0) is 22.7 Å². The Labute approximate surface area is 164 Å². The molecule has 0 spiro atoms. The molecule has 0 radical (unpaired) electrons. The van der Waals surface area contributed by atoms with Crippen LogP contribution in [0.25, 0.3) is 0 Å². The first kappa shape index (κ1) is 20.2. The molecule has 0 bridgehead atoms. The fourth-order valence-corrected chi connectivity index (χ4v) is 3.17. The number of hydrogen-bond acceptors (Lipinski definition) is 4. The number of benzene rings is 1. The second-order valence-corrected chi connectivity index (χ2v) is 6.90. The number of carbonyl (C=O) groups is 1. The van der Waals surface area contributed by atoms with Crippen molar-refractivity contribution < 1.29 is 9.53 Å². The van der Waals surface area contributed by atoms with Gasteiger partial charge in [-0.3, -0.25) is 9.59 Å². The summed E-state index contributed by atoms with van der Waals surface area (Å²) in [5.74, 6) is -0.398. The average Bonchev–Trinajstić information content (AvgIpc) is 2.60. The average molecular weight is 439 g/mol. The molecule has 1 heterocycles. The van der Waals surface area contributed by atoms with E-state index in [4.69, 9.17) is 16.3 Å². The van der Waals surface area contributed by atoms with Crippen LogP contribution in [0.5, 0.6) is 0 Å². The minimum atomic E-state index is -0.530. The maximum absolute atomic E-state index is 12.6. The van der Waals surface area contributed by atoms with Crippen molar-refractivity contribution in [2.75, 3.05) is 12.4 Å². The van der Waals surface area contributed by atoms with Gasteiger partial charge < -0.3 is 14.6 Å². The molecule has 6 nitrogen and oxygen atoms in total. The number of nitriles is 1. The van der Waals surface area contributed by atoms with Crippen LogP contribution in [0.15, 0.2) is 27.5 Å². The largest absolute Gasteiger partial charge is 0.380 e. The monoisotopic (exact) mass is 437 g/mol. The second-order valence-electron chi connectivity index (χ2n) is 5.70. The maximum Gasteiger partial charge on any atom is 0.269 e. The molecule has 2 rings (SSSR count). The number of pyridine rings is 1. The summed E-state index contributed by atoms with van der Waals surface area (Å²) in [6, 6.07) is 7.06. The van der Waals surface area contributed by atoms with E-state index in [1.54, 1.807) is 25.1 Å². The Morgan fingerprint density at radius 1 is 1.42 bits per heavy atom. The van der Waals surface area contributed by atoms with Crippen LogP contribution in [0, 0.1) is 25.2 Å². The van der Waals surface area contributed by atoms with Crippen LogP contribution < -0.4 is 10.9 Å². The van der Waals surface area contributed by atoms with E-state index < -0.39 is 11.5 Å².